The minimum absolute atomic E-state index is 0.0195. The Hall–Kier alpha value is -1.84. The summed E-state index contributed by atoms with van der Waals surface area (Å²) in [5, 5.41) is 0. The molecule has 4 nitrogen and oxygen atoms in total. The summed E-state index contributed by atoms with van der Waals surface area (Å²) in [6.07, 6.45) is 2.86. The summed E-state index contributed by atoms with van der Waals surface area (Å²) in [5.41, 5.74) is 3.01. The Bertz CT molecular complexity index is 526. The lowest BCUT2D eigenvalue weighted by atomic mass is 10.0. The fourth-order valence-corrected chi connectivity index (χ4v) is 2.52. The summed E-state index contributed by atoms with van der Waals surface area (Å²) in [4.78, 5) is 27.8. The highest BCUT2D eigenvalue weighted by Gasteiger charge is 2.21. The van der Waals surface area contributed by atoms with Crippen molar-refractivity contribution in [2.24, 2.45) is 0 Å². The fraction of sp³-hybridized carbons (Fsp3) is 0.556. The highest BCUT2D eigenvalue weighted by atomic mass is 16.2. The molecule has 0 saturated carbocycles. The SMILES string of the molecule is CCCCN(C)C(=O)CN(C(C)=O)c1c(C)cccc1CC. The first kappa shape index (κ1) is 18.2. The van der Waals surface area contributed by atoms with Crippen molar-refractivity contribution in [2.45, 2.75) is 47.0 Å². The second kappa shape index (κ2) is 8.57. The number of likely N-dealkylation sites (N-methyl/N-ethyl adjacent to an activating group) is 1. The molecule has 0 aromatic heterocycles. The number of hydrogen-bond acceptors (Lipinski definition) is 2. The van der Waals surface area contributed by atoms with E-state index in [-0.39, 0.29) is 18.4 Å². The maximum atomic E-state index is 12.4. The number of rotatable bonds is 7. The zero-order chi connectivity index (χ0) is 16.7. The number of benzene rings is 1. The van der Waals surface area contributed by atoms with E-state index < -0.39 is 0 Å². The average molecular weight is 304 g/mol. The first-order valence-electron chi connectivity index (χ1n) is 8.02. The molecular weight excluding hydrogens is 276 g/mol. The number of amides is 2. The molecule has 1 aromatic rings. The van der Waals surface area contributed by atoms with Gasteiger partial charge in [0.15, 0.2) is 0 Å². The van der Waals surface area contributed by atoms with Crippen LogP contribution in [0.3, 0.4) is 0 Å². The molecule has 0 N–H and O–H groups in total. The second-order valence-corrected chi connectivity index (χ2v) is 5.71. The van der Waals surface area contributed by atoms with Gasteiger partial charge in [-0.15, -0.1) is 0 Å². The van der Waals surface area contributed by atoms with Gasteiger partial charge < -0.3 is 9.80 Å². The number of hydrogen-bond donors (Lipinski definition) is 0. The van der Waals surface area contributed by atoms with Gasteiger partial charge in [-0.1, -0.05) is 38.5 Å². The van der Waals surface area contributed by atoms with Crippen molar-refractivity contribution >= 4 is 17.5 Å². The number of anilines is 1. The van der Waals surface area contributed by atoms with E-state index >= 15 is 0 Å². The van der Waals surface area contributed by atoms with Crippen LogP contribution in [0.2, 0.25) is 0 Å². The molecule has 0 atom stereocenters. The van der Waals surface area contributed by atoms with Crippen molar-refractivity contribution in [3.63, 3.8) is 0 Å². The quantitative estimate of drug-likeness (QED) is 0.776. The van der Waals surface area contributed by atoms with Crippen molar-refractivity contribution in [2.75, 3.05) is 25.0 Å². The Kier molecular flexibility index (Phi) is 7.09. The van der Waals surface area contributed by atoms with Gasteiger partial charge >= 0.3 is 0 Å². The molecule has 22 heavy (non-hydrogen) atoms. The maximum Gasteiger partial charge on any atom is 0.242 e. The molecule has 0 bridgehead atoms. The first-order valence-corrected chi connectivity index (χ1v) is 8.02. The van der Waals surface area contributed by atoms with Crippen LogP contribution in [0.5, 0.6) is 0 Å². The highest BCUT2D eigenvalue weighted by molar-refractivity contribution is 5.98. The molecule has 4 heteroatoms. The molecule has 0 spiro atoms. The molecule has 0 aliphatic carbocycles. The predicted octanol–water partition coefficient (Wildman–Crippen LogP) is 3.17. The monoisotopic (exact) mass is 304 g/mol. The van der Waals surface area contributed by atoms with Crippen molar-refractivity contribution in [1.29, 1.82) is 0 Å². The number of unbranched alkanes of at least 4 members (excludes halogenated alkanes) is 1. The number of carbonyl (C=O) groups excluding carboxylic acids is 2. The molecule has 2 amide bonds. The number of carbonyl (C=O) groups is 2. The molecule has 0 fully saturated rings. The van der Waals surface area contributed by atoms with E-state index in [1.165, 1.54) is 6.92 Å². The van der Waals surface area contributed by atoms with E-state index in [9.17, 15) is 9.59 Å². The molecule has 0 saturated heterocycles. The van der Waals surface area contributed by atoms with Gasteiger partial charge in [0.1, 0.15) is 6.54 Å². The minimum Gasteiger partial charge on any atom is -0.344 e. The van der Waals surface area contributed by atoms with Crippen molar-refractivity contribution in [3.05, 3.63) is 29.3 Å². The van der Waals surface area contributed by atoms with E-state index in [2.05, 4.69) is 13.8 Å². The Morgan fingerprint density at radius 2 is 1.86 bits per heavy atom. The van der Waals surface area contributed by atoms with Crippen LogP contribution in [0.15, 0.2) is 18.2 Å². The molecular formula is C18H28N2O2. The Morgan fingerprint density at radius 1 is 1.18 bits per heavy atom. The number of para-hydroxylation sites is 1. The van der Waals surface area contributed by atoms with E-state index in [1.807, 2.05) is 25.1 Å². The van der Waals surface area contributed by atoms with Crippen LogP contribution in [0.1, 0.15) is 44.7 Å². The van der Waals surface area contributed by atoms with Gasteiger partial charge in [-0.25, -0.2) is 0 Å². The Morgan fingerprint density at radius 3 is 2.41 bits per heavy atom. The zero-order valence-electron chi connectivity index (χ0n) is 14.5. The third-order valence-electron chi connectivity index (χ3n) is 3.92. The molecule has 1 rings (SSSR count). The lowest BCUT2D eigenvalue weighted by Gasteiger charge is -2.27. The maximum absolute atomic E-state index is 12.4. The molecule has 0 aliphatic rings. The van der Waals surface area contributed by atoms with Crippen molar-refractivity contribution in [3.8, 4) is 0 Å². The van der Waals surface area contributed by atoms with Crippen LogP contribution in [-0.2, 0) is 16.0 Å². The summed E-state index contributed by atoms with van der Waals surface area (Å²) >= 11 is 0. The van der Waals surface area contributed by atoms with E-state index in [1.54, 1.807) is 16.8 Å². The van der Waals surface area contributed by atoms with Crippen LogP contribution in [-0.4, -0.2) is 36.9 Å². The summed E-state index contributed by atoms with van der Waals surface area (Å²) < 4.78 is 0. The molecule has 1 aromatic carbocycles. The third-order valence-corrected chi connectivity index (χ3v) is 3.92. The van der Waals surface area contributed by atoms with Crippen LogP contribution < -0.4 is 4.90 Å². The van der Waals surface area contributed by atoms with Gasteiger partial charge in [0.25, 0.3) is 0 Å². The topological polar surface area (TPSA) is 40.6 Å². The molecule has 0 heterocycles. The average Bonchev–Trinajstić information content (AvgIpc) is 2.49. The van der Waals surface area contributed by atoms with Gasteiger partial charge in [-0.05, 0) is 30.9 Å². The summed E-state index contributed by atoms with van der Waals surface area (Å²) in [5.74, 6) is -0.116. The third kappa shape index (κ3) is 4.58. The standard InChI is InChI=1S/C18H28N2O2/c1-6-8-12-19(5)17(22)13-20(15(4)21)18-14(3)10-9-11-16(18)7-2/h9-11H,6-8,12-13H2,1-5H3. The van der Waals surface area contributed by atoms with Gasteiger partial charge in [0.2, 0.25) is 11.8 Å². The van der Waals surface area contributed by atoms with Gasteiger partial charge in [-0.2, -0.15) is 0 Å². The van der Waals surface area contributed by atoms with Crippen LogP contribution in [0.4, 0.5) is 5.69 Å². The van der Waals surface area contributed by atoms with Crippen LogP contribution in [0, 0.1) is 6.92 Å². The summed E-state index contributed by atoms with van der Waals surface area (Å²) in [6.45, 7) is 8.50. The first-order chi connectivity index (χ1) is 10.4. The lowest BCUT2D eigenvalue weighted by Crippen LogP contribution is -2.41. The molecule has 0 radical (unpaired) electrons. The highest BCUT2D eigenvalue weighted by Crippen LogP contribution is 2.26. The summed E-state index contributed by atoms with van der Waals surface area (Å²) in [7, 11) is 1.80. The fourth-order valence-electron chi connectivity index (χ4n) is 2.52. The minimum atomic E-state index is -0.0961. The Balaban J connectivity index is 3.01. The van der Waals surface area contributed by atoms with E-state index in [0.29, 0.717) is 0 Å². The van der Waals surface area contributed by atoms with E-state index in [0.717, 1.165) is 42.6 Å². The van der Waals surface area contributed by atoms with Gasteiger partial charge in [0, 0.05) is 20.5 Å². The van der Waals surface area contributed by atoms with Gasteiger partial charge in [-0.3, -0.25) is 9.59 Å². The Labute approximate surface area is 134 Å². The smallest absolute Gasteiger partial charge is 0.242 e. The zero-order valence-corrected chi connectivity index (χ0v) is 14.5. The number of nitrogens with zero attached hydrogens (tertiary/aromatic N) is 2. The largest absolute Gasteiger partial charge is 0.344 e. The van der Waals surface area contributed by atoms with Crippen LogP contribution in [0.25, 0.3) is 0 Å². The predicted molar refractivity (Wildman–Crippen MR) is 91.1 cm³/mol. The summed E-state index contributed by atoms with van der Waals surface area (Å²) in [6, 6.07) is 5.99. The van der Waals surface area contributed by atoms with E-state index in [4.69, 9.17) is 0 Å². The van der Waals surface area contributed by atoms with Crippen LogP contribution >= 0.6 is 0 Å². The lowest BCUT2D eigenvalue weighted by molar-refractivity contribution is -0.130. The van der Waals surface area contributed by atoms with Gasteiger partial charge in [0.05, 0.1) is 5.69 Å². The normalized spacial score (nSPS) is 10.4. The number of aryl methyl sites for hydroxylation is 2. The molecule has 122 valence electrons. The molecule has 0 unspecified atom stereocenters. The molecule has 0 aliphatic heterocycles. The van der Waals surface area contributed by atoms with Crippen molar-refractivity contribution in [1.82, 2.24) is 4.90 Å². The second-order valence-electron chi connectivity index (χ2n) is 5.71. The van der Waals surface area contributed by atoms with Crippen molar-refractivity contribution < 1.29 is 9.59 Å².